The van der Waals surface area contributed by atoms with Gasteiger partial charge in [0.2, 0.25) is 10.0 Å². The van der Waals surface area contributed by atoms with E-state index in [0.717, 1.165) is 22.2 Å². The summed E-state index contributed by atoms with van der Waals surface area (Å²) < 4.78 is 28.0. The summed E-state index contributed by atoms with van der Waals surface area (Å²) in [4.78, 5) is 8.81. The van der Waals surface area contributed by atoms with E-state index in [9.17, 15) is 8.42 Å². The van der Waals surface area contributed by atoms with E-state index in [1.807, 2.05) is 54.7 Å². The van der Waals surface area contributed by atoms with Crippen LogP contribution < -0.4 is 10.0 Å². The van der Waals surface area contributed by atoms with Gasteiger partial charge in [0.25, 0.3) is 0 Å². The lowest BCUT2D eigenvalue weighted by atomic mass is 10.1. The number of nitrogens with zero attached hydrogens (tertiary/aromatic N) is 2. The Labute approximate surface area is 176 Å². The van der Waals surface area contributed by atoms with Crippen LogP contribution in [0.4, 0.5) is 0 Å². The Bertz CT molecular complexity index is 1220. The summed E-state index contributed by atoms with van der Waals surface area (Å²) in [6.45, 7) is 1.41. The lowest BCUT2D eigenvalue weighted by Crippen LogP contribution is -2.31. The van der Waals surface area contributed by atoms with Crippen molar-refractivity contribution in [1.82, 2.24) is 20.0 Å². The second kappa shape index (κ2) is 9.13. The predicted octanol–water partition coefficient (Wildman–Crippen LogP) is 3.36. The number of nitrogens with one attached hydrogen (secondary N) is 2. The maximum absolute atomic E-state index is 12.7. The summed E-state index contributed by atoms with van der Waals surface area (Å²) in [5.74, 6) is 0. The van der Waals surface area contributed by atoms with Crippen molar-refractivity contribution in [1.29, 1.82) is 0 Å². The Morgan fingerprint density at radius 3 is 2.50 bits per heavy atom. The molecular formula is C23H22N4O2S. The Morgan fingerprint density at radius 1 is 0.833 bits per heavy atom. The lowest BCUT2D eigenvalue weighted by Gasteiger charge is -2.10. The second-order valence-electron chi connectivity index (χ2n) is 6.85. The van der Waals surface area contributed by atoms with Crippen LogP contribution in [0.5, 0.6) is 0 Å². The smallest absolute Gasteiger partial charge is 0.241 e. The van der Waals surface area contributed by atoms with E-state index in [1.54, 1.807) is 30.6 Å². The molecular weight excluding hydrogens is 396 g/mol. The largest absolute Gasteiger partial charge is 0.311 e. The van der Waals surface area contributed by atoms with Gasteiger partial charge in [-0.25, -0.2) is 13.1 Å². The average molecular weight is 419 g/mol. The number of hydrogen-bond acceptors (Lipinski definition) is 5. The van der Waals surface area contributed by atoms with Crippen molar-refractivity contribution < 1.29 is 8.42 Å². The van der Waals surface area contributed by atoms with Crippen molar-refractivity contribution in [3.63, 3.8) is 0 Å². The molecule has 0 radical (unpaired) electrons. The highest BCUT2D eigenvalue weighted by atomic mass is 32.2. The highest BCUT2D eigenvalue weighted by molar-refractivity contribution is 7.89. The Balaban J connectivity index is 1.30. The molecule has 4 aromatic rings. The molecule has 0 saturated heterocycles. The molecule has 0 aliphatic rings. The zero-order chi connectivity index (χ0) is 20.8. The van der Waals surface area contributed by atoms with Gasteiger partial charge in [0.1, 0.15) is 0 Å². The fourth-order valence-electron chi connectivity index (χ4n) is 3.22. The summed E-state index contributed by atoms with van der Waals surface area (Å²) in [7, 11) is -3.60. The molecule has 0 unspecified atom stereocenters. The maximum atomic E-state index is 12.7. The zero-order valence-electron chi connectivity index (χ0n) is 16.3. The third-order valence-corrected chi connectivity index (χ3v) is 6.27. The number of hydrogen-bond donors (Lipinski definition) is 2. The number of rotatable bonds is 8. The first-order valence-electron chi connectivity index (χ1n) is 9.67. The number of pyridine rings is 2. The summed E-state index contributed by atoms with van der Waals surface area (Å²) in [6, 6.07) is 20.9. The van der Waals surface area contributed by atoms with E-state index in [0.29, 0.717) is 25.0 Å². The monoisotopic (exact) mass is 418 g/mol. The summed E-state index contributed by atoms with van der Waals surface area (Å²) in [5.41, 5.74) is 3.05. The van der Waals surface area contributed by atoms with Crippen molar-refractivity contribution >= 4 is 20.8 Å². The molecule has 4 rings (SSSR count). The van der Waals surface area contributed by atoms with Crippen LogP contribution >= 0.6 is 0 Å². The third-order valence-electron chi connectivity index (χ3n) is 4.75. The van der Waals surface area contributed by atoms with Gasteiger partial charge in [0.05, 0.1) is 10.6 Å². The fourth-order valence-corrected chi connectivity index (χ4v) is 4.48. The van der Waals surface area contributed by atoms with Gasteiger partial charge in [0, 0.05) is 54.6 Å². The van der Waals surface area contributed by atoms with Crippen LogP contribution in [0.15, 0.2) is 90.2 Å². The van der Waals surface area contributed by atoms with Gasteiger partial charge < -0.3 is 5.32 Å². The quantitative estimate of drug-likeness (QED) is 0.429. The molecule has 30 heavy (non-hydrogen) atoms. The van der Waals surface area contributed by atoms with Gasteiger partial charge >= 0.3 is 0 Å². The molecule has 6 nitrogen and oxygen atoms in total. The van der Waals surface area contributed by atoms with Crippen LogP contribution in [0.2, 0.25) is 0 Å². The average Bonchev–Trinajstić information content (AvgIpc) is 2.79. The van der Waals surface area contributed by atoms with E-state index < -0.39 is 10.0 Å². The van der Waals surface area contributed by atoms with Crippen LogP contribution in [0.1, 0.15) is 5.56 Å². The van der Waals surface area contributed by atoms with Crippen molar-refractivity contribution in [2.75, 3.05) is 13.1 Å². The minimum atomic E-state index is -3.60. The highest BCUT2D eigenvalue weighted by Crippen LogP contribution is 2.21. The molecule has 0 fully saturated rings. The first kappa shape index (κ1) is 20.2. The maximum Gasteiger partial charge on any atom is 0.241 e. The van der Waals surface area contributed by atoms with Crippen LogP contribution in [-0.4, -0.2) is 31.5 Å². The summed E-state index contributed by atoms with van der Waals surface area (Å²) >= 11 is 0. The molecule has 0 spiro atoms. The molecule has 7 heteroatoms. The number of benzene rings is 2. The SMILES string of the molecule is O=S(=O)(NCCNCc1ccc(-c2ccccc2)nc1)c1cccc2cnccc12. The summed E-state index contributed by atoms with van der Waals surface area (Å²) in [6.07, 6.45) is 5.09. The Kier molecular flexibility index (Phi) is 6.13. The number of aromatic nitrogens is 2. The number of fused-ring (bicyclic) bond motifs is 1. The van der Waals surface area contributed by atoms with Crippen LogP contribution in [-0.2, 0) is 16.6 Å². The third kappa shape index (κ3) is 4.71. The minimum absolute atomic E-state index is 0.267. The van der Waals surface area contributed by atoms with Gasteiger partial charge in [-0.2, -0.15) is 0 Å². The van der Waals surface area contributed by atoms with E-state index in [4.69, 9.17) is 0 Å². The number of sulfonamides is 1. The fraction of sp³-hybridized carbons (Fsp3) is 0.130. The van der Waals surface area contributed by atoms with Crippen LogP contribution in [0.3, 0.4) is 0 Å². The molecule has 2 N–H and O–H groups in total. The normalized spacial score (nSPS) is 11.6. The van der Waals surface area contributed by atoms with E-state index in [1.165, 1.54) is 0 Å². The van der Waals surface area contributed by atoms with Gasteiger partial charge in [-0.05, 0) is 23.8 Å². The van der Waals surface area contributed by atoms with Crippen molar-refractivity contribution in [3.05, 3.63) is 90.9 Å². The van der Waals surface area contributed by atoms with Crippen molar-refractivity contribution in [2.24, 2.45) is 0 Å². The molecule has 0 bridgehead atoms. The highest BCUT2D eigenvalue weighted by Gasteiger charge is 2.16. The van der Waals surface area contributed by atoms with Gasteiger partial charge in [-0.1, -0.05) is 48.5 Å². The van der Waals surface area contributed by atoms with Crippen LogP contribution in [0, 0.1) is 0 Å². The van der Waals surface area contributed by atoms with Crippen molar-refractivity contribution in [3.8, 4) is 11.3 Å². The molecule has 0 amide bonds. The Morgan fingerprint density at radius 2 is 1.70 bits per heavy atom. The van der Waals surface area contributed by atoms with Gasteiger partial charge in [-0.3, -0.25) is 9.97 Å². The summed E-state index contributed by atoms with van der Waals surface area (Å²) in [5, 5.41) is 4.71. The predicted molar refractivity (Wildman–Crippen MR) is 118 cm³/mol. The Hall–Kier alpha value is -3.13. The van der Waals surface area contributed by atoms with E-state index in [2.05, 4.69) is 20.0 Å². The first-order chi connectivity index (χ1) is 14.6. The van der Waals surface area contributed by atoms with E-state index >= 15 is 0 Å². The van der Waals surface area contributed by atoms with Gasteiger partial charge in [-0.15, -0.1) is 0 Å². The van der Waals surface area contributed by atoms with Crippen molar-refractivity contribution in [2.45, 2.75) is 11.4 Å². The first-order valence-corrected chi connectivity index (χ1v) is 11.2. The molecule has 0 aliphatic heterocycles. The molecule has 2 aromatic carbocycles. The van der Waals surface area contributed by atoms with E-state index in [-0.39, 0.29) is 4.90 Å². The molecule has 152 valence electrons. The molecule has 2 heterocycles. The molecule has 0 atom stereocenters. The standard InChI is InChI=1S/C23H22N4O2S/c28-30(29,23-8-4-7-20-17-24-12-11-21(20)23)27-14-13-25-15-18-9-10-22(26-16-18)19-5-2-1-3-6-19/h1-12,16-17,25,27H,13-15H2. The zero-order valence-corrected chi connectivity index (χ0v) is 17.1. The topological polar surface area (TPSA) is 84.0 Å². The molecule has 0 aliphatic carbocycles. The second-order valence-corrected chi connectivity index (χ2v) is 8.58. The molecule has 0 saturated carbocycles. The lowest BCUT2D eigenvalue weighted by molar-refractivity contribution is 0.576. The molecule has 2 aromatic heterocycles. The van der Waals surface area contributed by atoms with Gasteiger partial charge in [0.15, 0.2) is 0 Å². The minimum Gasteiger partial charge on any atom is -0.311 e. The van der Waals surface area contributed by atoms with Crippen LogP contribution in [0.25, 0.3) is 22.0 Å².